The number of hydrazone groups is 1. The Kier molecular flexibility index (Phi) is 4.47. The minimum absolute atomic E-state index is 0. The summed E-state index contributed by atoms with van der Waals surface area (Å²) in [5, 5.41) is 12.4. The molecule has 0 radical (unpaired) electrons. The Balaban J connectivity index is 0.000000810. The van der Waals surface area contributed by atoms with Crippen molar-refractivity contribution in [1.82, 2.24) is 10.1 Å². The molecular weight excluding hydrogens is 188 g/mol. The van der Waals surface area contributed by atoms with Gasteiger partial charge < -0.3 is 5.11 Å². The van der Waals surface area contributed by atoms with Gasteiger partial charge >= 0.3 is 29.6 Å². The molecule has 0 bridgehead atoms. The van der Waals surface area contributed by atoms with Crippen molar-refractivity contribution in [2.75, 3.05) is 0 Å². The second-order valence-corrected chi connectivity index (χ2v) is 2.06. The van der Waals surface area contributed by atoms with E-state index >= 15 is 0 Å². The second kappa shape index (κ2) is 4.31. The van der Waals surface area contributed by atoms with Gasteiger partial charge in [-0.2, -0.15) is 5.10 Å². The number of nitrogens with zero attached hydrogens (tertiary/aromatic N) is 2. The van der Waals surface area contributed by atoms with Gasteiger partial charge in [0.25, 0.3) is 0 Å². The van der Waals surface area contributed by atoms with Crippen molar-refractivity contribution in [3.63, 3.8) is 0 Å². The molecule has 0 unspecified atom stereocenters. The zero-order chi connectivity index (χ0) is 6.85. The standard InChI is InChI=1S/C3H3Cl2N3O.Na.H/c4-2-1-6-7-8(5)3(2)9;;/h1,7,9H;;. The van der Waals surface area contributed by atoms with Gasteiger partial charge in [0.15, 0.2) is 0 Å². The van der Waals surface area contributed by atoms with E-state index in [1.165, 1.54) is 6.21 Å². The van der Waals surface area contributed by atoms with E-state index in [9.17, 15) is 0 Å². The van der Waals surface area contributed by atoms with Crippen LogP contribution in [0, 0.1) is 0 Å². The molecule has 0 aromatic heterocycles. The molecule has 52 valence electrons. The van der Waals surface area contributed by atoms with E-state index in [1.807, 2.05) is 0 Å². The first kappa shape index (κ1) is 10.4. The number of aliphatic hydroxyl groups excluding tert-OH is 1. The van der Waals surface area contributed by atoms with Gasteiger partial charge in [-0.3, -0.25) is 0 Å². The van der Waals surface area contributed by atoms with Gasteiger partial charge in [-0.1, -0.05) is 11.6 Å². The molecule has 1 heterocycles. The molecule has 0 fully saturated rings. The molecule has 1 rings (SSSR count). The fourth-order valence-electron chi connectivity index (χ4n) is 0.335. The number of nitrogens with one attached hydrogen (secondary N) is 1. The van der Waals surface area contributed by atoms with Crippen LogP contribution < -0.4 is 5.53 Å². The van der Waals surface area contributed by atoms with Crippen LogP contribution in [-0.4, -0.2) is 45.4 Å². The van der Waals surface area contributed by atoms with Crippen LogP contribution in [0.15, 0.2) is 16.0 Å². The third-order valence-corrected chi connectivity index (χ3v) is 1.23. The summed E-state index contributed by atoms with van der Waals surface area (Å²) in [7, 11) is 0. The molecule has 1 aliphatic heterocycles. The van der Waals surface area contributed by atoms with Gasteiger partial charge in [-0.05, 0) is 0 Å². The first-order valence-corrected chi connectivity index (χ1v) is 2.77. The van der Waals surface area contributed by atoms with Crippen LogP contribution in [0.5, 0.6) is 0 Å². The molecule has 0 saturated carbocycles. The zero-order valence-corrected chi connectivity index (χ0v) is 5.69. The number of allylic oxidation sites excluding steroid dienone is 1. The molecule has 4 nitrogen and oxygen atoms in total. The van der Waals surface area contributed by atoms with Gasteiger partial charge in [0, 0.05) is 11.8 Å². The minimum atomic E-state index is -0.256. The molecule has 0 aromatic carbocycles. The number of hydrogen-bond donors (Lipinski definition) is 2. The summed E-state index contributed by atoms with van der Waals surface area (Å²) in [5.74, 6) is -0.256. The van der Waals surface area contributed by atoms with Gasteiger partial charge in [-0.15, -0.1) is 4.53 Å². The molecular formula is C3H4Cl2N3NaO. The Morgan fingerprint density at radius 3 is 2.70 bits per heavy atom. The second-order valence-electron chi connectivity index (χ2n) is 1.31. The Labute approximate surface area is 89.8 Å². The van der Waals surface area contributed by atoms with Crippen LogP contribution in [0.1, 0.15) is 0 Å². The summed E-state index contributed by atoms with van der Waals surface area (Å²) in [5.41, 5.74) is 2.24. The summed E-state index contributed by atoms with van der Waals surface area (Å²) in [6, 6.07) is 0. The Bertz CT molecular complexity index is 183. The van der Waals surface area contributed by atoms with Crippen LogP contribution in [0.25, 0.3) is 0 Å². The van der Waals surface area contributed by atoms with Gasteiger partial charge in [0.1, 0.15) is 5.03 Å². The van der Waals surface area contributed by atoms with Crippen LogP contribution in [0.2, 0.25) is 0 Å². The first-order chi connectivity index (χ1) is 4.22. The maximum atomic E-state index is 8.83. The molecule has 0 saturated heterocycles. The number of aliphatic hydroxyl groups is 1. The number of hydrazine groups is 1. The zero-order valence-electron chi connectivity index (χ0n) is 4.17. The van der Waals surface area contributed by atoms with Gasteiger partial charge in [0.2, 0.25) is 5.88 Å². The van der Waals surface area contributed by atoms with Crippen molar-refractivity contribution in [3.05, 3.63) is 10.9 Å². The normalized spacial score (nSPS) is 16.4. The molecule has 0 atom stereocenters. The molecule has 1 aliphatic rings. The van der Waals surface area contributed by atoms with Crippen molar-refractivity contribution < 1.29 is 5.11 Å². The Hall–Kier alpha value is 0.390. The quantitative estimate of drug-likeness (QED) is 0.427. The Morgan fingerprint density at radius 2 is 2.30 bits per heavy atom. The molecule has 10 heavy (non-hydrogen) atoms. The van der Waals surface area contributed by atoms with Crippen LogP contribution in [-0.2, 0) is 0 Å². The van der Waals surface area contributed by atoms with Crippen molar-refractivity contribution in [2.45, 2.75) is 0 Å². The van der Waals surface area contributed by atoms with Crippen molar-refractivity contribution in [3.8, 4) is 0 Å². The summed E-state index contributed by atoms with van der Waals surface area (Å²) < 4.78 is 0.780. The number of rotatable bonds is 0. The van der Waals surface area contributed by atoms with E-state index in [2.05, 4.69) is 10.6 Å². The molecule has 0 aromatic rings. The predicted molar refractivity (Wildman–Crippen MR) is 42.0 cm³/mol. The maximum absolute atomic E-state index is 8.83. The number of hydrogen-bond acceptors (Lipinski definition) is 4. The molecule has 0 aliphatic carbocycles. The molecule has 7 heteroatoms. The monoisotopic (exact) mass is 191 g/mol. The van der Waals surface area contributed by atoms with E-state index in [4.69, 9.17) is 28.5 Å². The predicted octanol–water partition coefficient (Wildman–Crippen LogP) is 0.264. The summed E-state index contributed by atoms with van der Waals surface area (Å²) in [6.07, 6.45) is 1.25. The number of halogens is 2. The van der Waals surface area contributed by atoms with Gasteiger partial charge in [0.05, 0.1) is 6.21 Å². The van der Waals surface area contributed by atoms with E-state index in [1.54, 1.807) is 0 Å². The van der Waals surface area contributed by atoms with E-state index < -0.39 is 0 Å². The fraction of sp³-hybridized carbons (Fsp3) is 0. The topological polar surface area (TPSA) is 47.9 Å². The molecule has 0 amide bonds. The summed E-state index contributed by atoms with van der Waals surface area (Å²) >= 11 is 10.7. The average Bonchev–Trinajstić information content (AvgIpc) is 1.83. The summed E-state index contributed by atoms with van der Waals surface area (Å²) in [6.45, 7) is 0. The first-order valence-electron chi connectivity index (χ1n) is 2.05. The average molecular weight is 192 g/mol. The fourth-order valence-corrected chi connectivity index (χ4v) is 0.646. The van der Waals surface area contributed by atoms with Crippen molar-refractivity contribution >= 4 is 59.1 Å². The van der Waals surface area contributed by atoms with E-state index in [0.29, 0.717) is 0 Å². The third kappa shape index (κ3) is 2.21. The summed E-state index contributed by atoms with van der Waals surface area (Å²) in [4.78, 5) is 0. The SMILES string of the molecule is OC1=C(Cl)C=NNN1Cl.[NaH]. The van der Waals surface area contributed by atoms with Crippen LogP contribution >= 0.6 is 23.4 Å². The van der Waals surface area contributed by atoms with Gasteiger partial charge in [-0.25, -0.2) is 5.53 Å². The van der Waals surface area contributed by atoms with Crippen molar-refractivity contribution in [1.29, 1.82) is 0 Å². The van der Waals surface area contributed by atoms with E-state index in [-0.39, 0.29) is 40.5 Å². The Morgan fingerprint density at radius 1 is 1.70 bits per heavy atom. The van der Waals surface area contributed by atoms with Crippen LogP contribution in [0.3, 0.4) is 0 Å². The molecule has 0 spiro atoms. The van der Waals surface area contributed by atoms with Crippen molar-refractivity contribution in [2.24, 2.45) is 5.10 Å². The molecule has 2 N–H and O–H groups in total. The van der Waals surface area contributed by atoms with E-state index in [0.717, 1.165) is 4.53 Å². The third-order valence-electron chi connectivity index (χ3n) is 0.723. The van der Waals surface area contributed by atoms with Crippen LogP contribution in [0.4, 0.5) is 0 Å².